The molecule has 1 unspecified atom stereocenters. The molecule has 0 aliphatic heterocycles. The molecule has 0 aromatic rings. The van der Waals surface area contributed by atoms with E-state index in [9.17, 15) is 0 Å². The van der Waals surface area contributed by atoms with Gasteiger partial charge in [-0.3, -0.25) is 0 Å². The Morgan fingerprint density at radius 2 is 1.67 bits per heavy atom. The van der Waals surface area contributed by atoms with E-state index in [2.05, 4.69) is 25.1 Å². The normalized spacial score (nSPS) is 12.2. The first-order chi connectivity index (χ1) is 7.20. The summed E-state index contributed by atoms with van der Waals surface area (Å²) in [5, 5.41) is 32.6. The maximum absolute atomic E-state index is 8.95. The molecule has 0 aromatic carbocycles. The van der Waals surface area contributed by atoms with E-state index >= 15 is 0 Å². The smallest absolute Gasteiger partial charge is 0.198 e. The van der Waals surface area contributed by atoms with E-state index in [-0.39, 0.29) is 0 Å². The number of azide groups is 2. The molecular weight excluding hydrogens is 208 g/mol. The molecule has 0 fully saturated rings. The van der Waals surface area contributed by atoms with Gasteiger partial charge in [-0.2, -0.15) is 0 Å². The third-order valence-corrected chi connectivity index (χ3v) is 1.81. The van der Waals surface area contributed by atoms with Gasteiger partial charge in [0.1, 0.15) is 5.28 Å². The number of nitrogens with zero attached hydrogens (tertiary/aromatic N) is 6. The second kappa shape index (κ2) is 6.71. The van der Waals surface area contributed by atoms with Gasteiger partial charge in [0, 0.05) is 9.82 Å². The van der Waals surface area contributed by atoms with Crippen LogP contribution in [0.25, 0.3) is 20.9 Å². The van der Waals surface area contributed by atoms with E-state index in [4.69, 9.17) is 26.4 Å². The van der Waals surface area contributed by atoms with Gasteiger partial charge in [0.25, 0.3) is 0 Å². The van der Waals surface area contributed by atoms with Gasteiger partial charge in [-0.25, -0.2) is 0 Å². The summed E-state index contributed by atoms with van der Waals surface area (Å²) < 4.78 is 0. The van der Waals surface area contributed by atoms with Gasteiger partial charge in [-0.15, -0.1) is 0 Å². The second-order valence-corrected chi connectivity index (χ2v) is 2.67. The number of aliphatic hydroxyl groups is 3. The van der Waals surface area contributed by atoms with Crippen LogP contribution in [-0.4, -0.2) is 41.4 Å². The molecule has 0 aromatic heterocycles. The zero-order chi connectivity index (χ0) is 11.7. The fraction of sp³-hybridized carbons (Fsp3) is 1.00. The Hall–Kier alpha value is -1.70. The van der Waals surface area contributed by atoms with Gasteiger partial charge in [0.2, 0.25) is 0 Å². The van der Waals surface area contributed by atoms with E-state index in [0.717, 1.165) is 0 Å². The molecule has 0 spiro atoms. The Balaban J connectivity index is 4.97. The quantitative estimate of drug-likeness (QED) is 0.233. The van der Waals surface area contributed by atoms with Crippen molar-refractivity contribution >= 4 is 0 Å². The average Bonchev–Trinajstić information content (AvgIpc) is 2.28. The standard InChI is InChI=1S/C5H10N6O4/c6-9-8-4(15-11-10-7)5(1-12,2-13)3-14/h4,12-14H,1-3H2. The Kier molecular flexibility index (Phi) is 5.95. The van der Waals surface area contributed by atoms with Gasteiger partial charge < -0.3 is 20.2 Å². The van der Waals surface area contributed by atoms with E-state index in [1.807, 2.05) is 0 Å². The van der Waals surface area contributed by atoms with Crippen molar-refractivity contribution in [2.75, 3.05) is 19.8 Å². The molecule has 10 nitrogen and oxygen atoms in total. The van der Waals surface area contributed by atoms with Crippen molar-refractivity contribution in [3.8, 4) is 0 Å². The summed E-state index contributed by atoms with van der Waals surface area (Å²) in [6.45, 7) is -2.11. The van der Waals surface area contributed by atoms with E-state index in [1.54, 1.807) is 0 Å². The Morgan fingerprint density at radius 1 is 1.13 bits per heavy atom. The molecule has 15 heavy (non-hydrogen) atoms. The van der Waals surface area contributed by atoms with E-state index in [0.29, 0.717) is 0 Å². The number of hydrogen-bond acceptors (Lipinski definition) is 6. The first-order valence-corrected chi connectivity index (χ1v) is 3.77. The van der Waals surface area contributed by atoms with Crippen LogP contribution in [0.4, 0.5) is 0 Å². The minimum absolute atomic E-state index is 0.704. The fourth-order valence-corrected chi connectivity index (χ4v) is 0.752. The van der Waals surface area contributed by atoms with Crippen LogP contribution in [0.1, 0.15) is 0 Å². The first-order valence-electron chi connectivity index (χ1n) is 3.77. The summed E-state index contributed by atoms with van der Waals surface area (Å²) in [4.78, 5) is 9.01. The third-order valence-electron chi connectivity index (χ3n) is 1.81. The molecule has 0 saturated carbocycles. The molecule has 84 valence electrons. The van der Waals surface area contributed by atoms with Crippen LogP contribution < -0.4 is 0 Å². The molecule has 0 aliphatic carbocycles. The lowest BCUT2D eigenvalue weighted by Gasteiger charge is -2.31. The van der Waals surface area contributed by atoms with Crippen LogP contribution in [0.2, 0.25) is 0 Å². The predicted octanol–water partition coefficient (Wildman–Crippen LogP) is -0.172. The molecule has 0 saturated heterocycles. The van der Waals surface area contributed by atoms with Crippen molar-refractivity contribution in [1.29, 1.82) is 0 Å². The van der Waals surface area contributed by atoms with Crippen molar-refractivity contribution in [2.24, 2.45) is 15.8 Å². The van der Waals surface area contributed by atoms with Crippen molar-refractivity contribution in [3.05, 3.63) is 20.9 Å². The van der Waals surface area contributed by atoms with Gasteiger partial charge in [0.05, 0.1) is 25.2 Å². The van der Waals surface area contributed by atoms with Crippen molar-refractivity contribution in [3.63, 3.8) is 0 Å². The molecular formula is C5H10N6O4. The van der Waals surface area contributed by atoms with Crippen LogP contribution in [0.3, 0.4) is 0 Å². The average molecular weight is 218 g/mol. The van der Waals surface area contributed by atoms with Crippen LogP contribution >= 0.6 is 0 Å². The lowest BCUT2D eigenvalue weighted by Crippen LogP contribution is -2.44. The summed E-state index contributed by atoms with van der Waals surface area (Å²) in [6.07, 6.45) is -1.49. The van der Waals surface area contributed by atoms with Crippen molar-refractivity contribution in [2.45, 2.75) is 6.23 Å². The maximum Gasteiger partial charge on any atom is 0.198 e. The SMILES string of the molecule is [N-]=[N+]=NOC(N=[N+]=[N-])C(CO)(CO)CO. The van der Waals surface area contributed by atoms with Crippen LogP contribution in [0.5, 0.6) is 0 Å². The van der Waals surface area contributed by atoms with E-state index in [1.165, 1.54) is 0 Å². The highest BCUT2D eigenvalue weighted by molar-refractivity contribution is 4.84. The van der Waals surface area contributed by atoms with Crippen LogP contribution in [0, 0.1) is 5.41 Å². The van der Waals surface area contributed by atoms with Gasteiger partial charge in [-0.05, 0) is 16.2 Å². The zero-order valence-electron chi connectivity index (χ0n) is 7.63. The highest BCUT2D eigenvalue weighted by Crippen LogP contribution is 2.24. The fourth-order valence-electron chi connectivity index (χ4n) is 0.752. The summed E-state index contributed by atoms with van der Waals surface area (Å²) in [7, 11) is 0. The minimum Gasteiger partial charge on any atom is -0.423 e. The van der Waals surface area contributed by atoms with Crippen molar-refractivity contribution in [1.82, 2.24) is 0 Å². The Bertz CT molecular complexity index is 271. The molecule has 3 N–H and O–H groups in total. The molecule has 0 heterocycles. The third kappa shape index (κ3) is 3.17. The highest BCUT2D eigenvalue weighted by atomic mass is 16.7. The Morgan fingerprint density at radius 3 is 2.00 bits per heavy atom. The monoisotopic (exact) mass is 218 g/mol. The molecule has 0 rings (SSSR count). The van der Waals surface area contributed by atoms with E-state index < -0.39 is 31.5 Å². The van der Waals surface area contributed by atoms with Crippen LogP contribution in [0.15, 0.2) is 10.4 Å². The zero-order valence-corrected chi connectivity index (χ0v) is 7.63. The summed E-state index contributed by atoms with van der Waals surface area (Å²) in [5.41, 5.74) is 14.6. The first kappa shape index (κ1) is 13.3. The molecule has 0 amide bonds. The number of hydrogen-bond donors (Lipinski definition) is 3. The molecule has 10 heteroatoms. The second-order valence-electron chi connectivity index (χ2n) is 2.67. The minimum atomic E-state index is -1.60. The summed E-state index contributed by atoms with van der Waals surface area (Å²) in [6, 6.07) is 0. The van der Waals surface area contributed by atoms with Gasteiger partial charge in [0.15, 0.2) is 6.23 Å². The van der Waals surface area contributed by atoms with Crippen molar-refractivity contribution < 1.29 is 20.2 Å². The molecule has 0 bridgehead atoms. The number of rotatable bonds is 7. The number of aliphatic hydroxyl groups excluding tert-OH is 3. The predicted molar refractivity (Wildman–Crippen MR) is 46.9 cm³/mol. The largest absolute Gasteiger partial charge is 0.423 e. The van der Waals surface area contributed by atoms with Gasteiger partial charge in [-0.1, -0.05) is 0 Å². The summed E-state index contributed by atoms with van der Waals surface area (Å²) in [5.74, 6) is 0. The highest BCUT2D eigenvalue weighted by Gasteiger charge is 2.39. The lowest BCUT2D eigenvalue weighted by molar-refractivity contribution is -0.111. The summed E-state index contributed by atoms with van der Waals surface area (Å²) >= 11 is 0. The molecule has 1 atom stereocenters. The maximum atomic E-state index is 8.95. The molecule has 0 aliphatic rings. The van der Waals surface area contributed by atoms with Crippen LogP contribution in [-0.2, 0) is 4.84 Å². The lowest BCUT2D eigenvalue weighted by atomic mass is 9.89. The topological polar surface area (TPSA) is 167 Å². The molecule has 0 radical (unpaired) electrons. The Labute approximate surface area is 83.9 Å². The van der Waals surface area contributed by atoms with Gasteiger partial charge >= 0.3 is 0 Å².